The number of carboxylic acid groups (broad SMARTS) is 1. The van der Waals surface area contributed by atoms with Crippen LogP contribution in [0.4, 0.5) is 5.82 Å². The summed E-state index contributed by atoms with van der Waals surface area (Å²) in [7, 11) is -2.22. The number of hydrogen-bond acceptors (Lipinski definition) is 5. The number of pyridine rings is 1. The molecule has 0 fully saturated rings. The van der Waals surface area contributed by atoms with Gasteiger partial charge < -0.3 is 10.4 Å². The Bertz CT molecular complexity index is 527. The highest BCUT2D eigenvalue weighted by Crippen LogP contribution is 2.12. The first-order valence-corrected chi connectivity index (χ1v) is 7.28. The quantitative estimate of drug-likeness (QED) is 0.679. The second-order valence-electron chi connectivity index (χ2n) is 3.91. The molecular weight excluding hydrogens is 270 g/mol. The first kappa shape index (κ1) is 15.4. The van der Waals surface area contributed by atoms with Gasteiger partial charge >= 0.3 is 5.97 Å². The summed E-state index contributed by atoms with van der Waals surface area (Å²) in [6, 6.07) is 2.08. The lowest BCUT2D eigenvalue weighted by atomic mass is 10.2. The van der Waals surface area contributed by atoms with Crippen molar-refractivity contribution in [2.75, 3.05) is 12.4 Å². The monoisotopic (exact) mass is 287 g/mol. The third-order valence-corrected chi connectivity index (χ3v) is 3.91. The van der Waals surface area contributed by atoms with Crippen LogP contribution in [0.2, 0.25) is 0 Å². The first-order chi connectivity index (χ1) is 8.90. The Labute approximate surface area is 112 Å². The number of aromatic nitrogens is 1. The van der Waals surface area contributed by atoms with Crippen LogP contribution in [0.1, 0.15) is 19.8 Å². The number of sulfonamides is 1. The molecule has 1 rings (SSSR count). The lowest BCUT2D eigenvalue weighted by molar-refractivity contribution is -0.138. The van der Waals surface area contributed by atoms with Gasteiger partial charge in [-0.15, -0.1) is 0 Å². The smallest absolute Gasteiger partial charge is 0.326 e. The number of carbonyl (C=O) groups is 1. The molecular formula is C11H17N3O4S. The molecule has 0 amide bonds. The van der Waals surface area contributed by atoms with Crippen molar-refractivity contribution in [3.63, 3.8) is 0 Å². The van der Waals surface area contributed by atoms with Gasteiger partial charge in [-0.3, -0.25) is 0 Å². The molecule has 8 heteroatoms. The molecule has 0 spiro atoms. The van der Waals surface area contributed by atoms with Crippen molar-refractivity contribution in [3.8, 4) is 0 Å². The molecule has 0 aliphatic rings. The van der Waals surface area contributed by atoms with Gasteiger partial charge in [-0.2, -0.15) is 0 Å². The molecule has 106 valence electrons. The highest BCUT2D eigenvalue weighted by molar-refractivity contribution is 7.89. The van der Waals surface area contributed by atoms with Crippen molar-refractivity contribution in [1.29, 1.82) is 0 Å². The SMILES string of the molecule is CCCC(Nc1ccc(S(=O)(=O)NC)cn1)C(=O)O. The minimum absolute atomic E-state index is 0.0305. The van der Waals surface area contributed by atoms with Gasteiger partial charge in [-0.05, 0) is 25.6 Å². The molecule has 0 saturated heterocycles. The van der Waals surface area contributed by atoms with Crippen LogP contribution >= 0.6 is 0 Å². The molecule has 1 aromatic rings. The van der Waals surface area contributed by atoms with Crippen molar-refractivity contribution in [2.24, 2.45) is 0 Å². The van der Waals surface area contributed by atoms with Crippen molar-refractivity contribution in [2.45, 2.75) is 30.7 Å². The largest absolute Gasteiger partial charge is 0.480 e. The average Bonchev–Trinajstić information content (AvgIpc) is 2.38. The second kappa shape index (κ2) is 6.48. The maximum atomic E-state index is 11.5. The Kier molecular flexibility index (Phi) is 5.25. The molecule has 0 aromatic carbocycles. The van der Waals surface area contributed by atoms with E-state index in [1.165, 1.54) is 25.4 Å². The third-order valence-electron chi connectivity index (χ3n) is 2.51. The van der Waals surface area contributed by atoms with E-state index in [0.29, 0.717) is 12.2 Å². The zero-order valence-corrected chi connectivity index (χ0v) is 11.6. The molecule has 7 nitrogen and oxygen atoms in total. The summed E-state index contributed by atoms with van der Waals surface area (Å²) in [6.45, 7) is 1.88. The van der Waals surface area contributed by atoms with Crippen LogP contribution in [-0.4, -0.2) is 37.6 Å². The van der Waals surface area contributed by atoms with E-state index in [9.17, 15) is 13.2 Å². The van der Waals surface area contributed by atoms with E-state index in [0.717, 1.165) is 6.42 Å². The van der Waals surface area contributed by atoms with Gasteiger partial charge in [-0.25, -0.2) is 22.9 Å². The van der Waals surface area contributed by atoms with Crippen LogP contribution in [0.5, 0.6) is 0 Å². The second-order valence-corrected chi connectivity index (χ2v) is 5.80. The van der Waals surface area contributed by atoms with E-state index < -0.39 is 22.0 Å². The summed E-state index contributed by atoms with van der Waals surface area (Å²) in [4.78, 5) is 14.9. The zero-order valence-electron chi connectivity index (χ0n) is 10.8. The molecule has 1 atom stereocenters. The highest BCUT2D eigenvalue weighted by Gasteiger charge is 2.17. The molecule has 1 heterocycles. The molecule has 1 aromatic heterocycles. The fourth-order valence-corrected chi connectivity index (χ4v) is 2.14. The van der Waals surface area contributed by atoms with E-state index in [4.69, 9.17) is 5.11 Å². The molecule has 1 unspecified atom stereocenters. The maximum Gasteiger partial charge on any atom is 0.326 e. The molecule has 0 aliphatic carbocycles. The Balaban J connectivity index is 2.85. The van der Waals surface area contributed by atoms with Crippen molar-refractivity contribution in [3.05, 3.63) is 18.3 Å². The number of aliphatic carboxylic acids is 1. The first-order valence-electron chi connectivity index (χ1n) is 5.79. The van der Waals surface area contributed by atoms with Crippen molar-refractivity contribution in [1.82, 2.24) is 9.71 Å². The summed E-state index contributed by atoms with van der Waals surface area (Å²) in [5.74, 6) is -0.633. The normalized spacial score (nSPS) is 12.9. The van der Waals surface area contributed by atoms with E-state index in [2.05, 4.69) is 15.0 Å². The topological polar surface area (TPSA) is 108 Å². The fourth-order valence-electron chi connectivity index (χ4n) is 1.47. The van der Waals surface area contributed by atoms with Crippen LogP contribution in [0.15, 0.2) is 23.2 Å². The van der Waals surface area contributed by atoms with Gasteiger partial charge in [0.15, 0.2) is 0 Å². The minimum Gasteiger partial charge on any atom is -0.480 e. The van der Waals surface area contributed by atoms with Crippen LogP contribution in [0, 0.1) is 0 Å². The van der Waals surface area contributed by atoms with Gasteiger partial charge in [0.1, 0.15) is 16.8 Å². The van der Waals surface area contributed by atoms with Gasteiger partial charge in [0.25, 0.3) is 0 Å². The third kappa shape index (κ3) is 4.18. The predicted octanol–water partition coefficient (Wildman–Crippen LogP) is 0.655. The Morgan fingerprint density at radius 1 is 1.47 bits per heavy atom. The Morgan fingerprint density at radius 2 is 2.16 bits per heavy atom. The van der Waals surface area contributed by atoms with Gasteiger partial charge in [0, 0.05) is 6.20 Å². The summed E-state index contributed by atoms with van der Waals surface area (Å²) >= 11 is 0. The number of nitrogens with one attached hydrogen (secondary N) is 2. The van der Waals surface area contributed by atoms with Crippen LogP contribution in [-0.2, 0) is 14.8 Å². The van der Waals surface area contributed by atoms with Crippen molar-refractivity contribution >= 4 is 21.8 Å². The van der Waals surface area contributed by atoms with E-state index in [1.54, 1.807) is 0 Å². The number of rotatable bonds is 7. The number of carboxylic acids is 1. The Hall–Kier alpha value is -1.67. The van der Waals surface area contributed by atoms with Gasteiger partial charge in [-0.1, -0.05) is 13.3 Å². The van der Waals surface area contributed by atoms with Crippen molar-refractivity contribution < 1.29 is 18.3 Å². The van der Waals surface area contributed by atoms with Gasteiger partial charge in [0.2, 0.25) is 10.0 Å². The molecule has 0 aliphatic heterocycles. The standard InChI is InChI=1S/C11H17N3O4S/c1-3-4-9(11(15)16)14-10-6-5-8(7-13-10)19(17,18)12-2/h5-7,9,12H,3-4H2,1-2H3,(H,13,14)(H,15,16). The highest BCUT2D eigenvalue weighted by atomic mass is 32.2. The summed E-state index contributed by atoms with van der Waals surface area (Å²) in [5, 5.41) is 11.7. The van der Waals surface area contributed by atoms with E-state index in [1.807, 2.05) is 6.92 Å². The number of hydrogen-bond donors (Lipinski definition) is 3. The molecule has 0 saturated carbocycles. The summed E-state index contributed by atoms with van der Waals surface area (Å²) in [6.07, 6.45) is 2.36. The lowest BCUT2D eigenvalue weighted by Crippen LogP contribution is -2.29. The average molecular weight is 287 g/mol. The maximum absolute atomic E-state index is 11.5. The Morgan fingerprint density at radius 3 is 2.58 bits per heavy atom. The van der Waals surface area contributed by atoms with Crippen LogP contribution in [0.3, 0.4) is 0 Å². The molecule has 3 N–H and O–H groups in total. The minimum atomic E-state index is -3.53. The summed E-state index contributed by atoms with van der Waals surface area (Å²) < 4.78 is 25.1. The zero-order chi connectivity index (χ0) is 14.5. The number of nitrogens with zero attached hydrogens (tertiary/aromatic N) is 1. The van der Waals surface area contributed by atoms with Crippen LogP contribution < -0.4 is 10.0 Å². The van der Waals surface area contributed by atoms with E-state index >= 15 is 0 Å². The predicted molar refractivity (Wildman–Crippen MR) is 70.4 cm³/mol. The summed E-state index contributed by atoms with van der Waals surface area (Å²) in [5.41, 5.74) is 0. The fraction of sp³-hybridized carbons (Fsp3) is 0.455. The molecule has 0 radical (unpaired) electrons. The lowest BCUT2D eigenvalue weighted by Gasteiger charge is -2.14. The number of anilines is 1. The molecule has 0 bridgehead atoms. The van der Waals surface area contributed by atoms with Crippen LogP contribution in [0.25, 0.3) is 0 Å². The van der Waals surface area contributed by atoms with E-state index in [-0.39, 0.29) is 4.90 Å². The van der Waals surface area contributed by atoms with Gasteiger partial charge in [0.05, 0.1) is 0 Å². The molecule has 19 heavy (non-hydrogen) atoms.